The van der Waals surface area contributed by atoms with Crippen molar-refractivity contribution in [2.24, 2.45) is 0 Å². The van der Waals surface area contributed by atoms with Gasteiger partial charge in [-0.05, 0) is 100 Å². The van der Waals surface area contributed by atoms with Crippen LogP contribution in [-0.4, -0.2) is 0 Å². The second kappa shape index (κ2) is 16.3. The summed E-state index contributed by atoms with van der Waals surface area (Å²) in [6, 6.07) is 76.9. The third-order valence-corrected chi connectivity index (χ3v) is 14.7. The van der Waals surface area contributed by atoms with E-state index in [1.54, 1.807) is 0 Å². The largest absolute Gasteiger partial charge is 0.454 e. The molecule has 1 aliphatic rings. The molecule has 0 saturated carbocycles. The minimum absolute atomic E-state index is 0.791. The molecule has 14 rings (SSSR count). The molecule has 1 aliphatic carbocycles. The fourth-order valence-corrected chi connectivity index (χ4v) is 11.4. The Hall–Kier alpha value is -9.12. The number of furan rings is 2. The SMILES string of the molecule is Cc1cccc2c3c(oc12)=C(N(c1ccccc1-c1ccccc1)c1ccc2ccc4c(N(c5ccccc5-c5ccccc5)c5cccc6c5oc5c(C)cccc56)ccc5ccc1c2c54)C=CCC=3. The van der Waals surface area contributed by atoms with Gasteiger partial charge in [0, 0.05) is 43.3 Å². The van der Waals surface area contributed by atoms with Crippen LogP contribution >= 0.6 is 0 Å². The highest BCUT2D eigenvalue weighted by Crippen LogP contribution is 2.51. The highest BCUT2D eigenvalue weighted by Gasteiger charge is 2.28. The van der Waals surface area contributed by atoms with Crippen LogP contribution in [0.1, 0.15) is 17.5 Å². The number of rotatable bonds is 8. The predicted molar refractivity (Wildman–Crippen MR) is 298 cm³/mol. The van der Waals surface area contributed by atoms with Gasteiger partial charge in [-0.2, -0.15) is 0 Å². The minimum Gasteiger partial charge on any atom is -0.454 e. The van der Waals surface area contributed by atoms with E-state index in [1.165, 1.54) is 21.5 Å². The molecule has 2 aromatic heterocycles. The maximum Gasteiger partial charge on any atom is 0.159 e. The molecule has 13 aromatic rings. The number of nitrogens with zero attached hydrogens (tertiary/aromatic N) is 2. The summed E-state index contributed by atoms with van der Waals surface area (Å²) in [5.74, 6) is 0. The van der Waals surface area contributed by atoms with Gasteiger partial charge in [0.25, 0.3) is 0 Å². The normalized spacial score (nSPS) is 12.6. The maximum absolute atomic E-state index is 7.06. The van der Waals surface area contributed by atoms with Gasteiger partial charge in [0.1, 0.15) is 11.2 Å². The zero-order valence-electron chi connectivity index (χ0n) is 39.4. The molecule has 0 saturated heterocycles. The summed E-state index contributed by atoms with van der Waals surface area (Å²) >= 11 is 0. The first kappa shape index (κ1) is 40.9. The van der Waals surface area contributed by atoms with Gasteiger partial charge in [0.05, 0.1) is 34.1 Å². The Labute approximate surface area is 410 Å². The Kier molecular flexibility index (Phi) is 9.37. The van der Waals surface area contributed by atoms with E-state index in [0.717, 1.165) is 128 Å². The van der Waals surface area contributed by atoms with Crippen molar-refractivity contribution >= 4 is 105 Å². The van der Waals surface area contributed by atoms with Gasteiger partial charge in [-0.25, -0.2) is 0 Å². The second-order valence-electron chi connectivity index (χ2n) is 18.8. The number of para-hydroxylation sites is 5. The van der Waals surface area contributed by atoms with E-state index >= 15 is 0 Å². The lowest BCUT2D eigenvalue weighted by molar-refractivity contribution is 0.569. The summed E-state index contributed by atoms with van der Waals surface area (Å²) in [6.45, 7) is 4.26. The second-order valence-corrected chi connectivity index (χ2v) is 18.8. The molecule has 4 nitrogen and oxygen atoms in total. The minimum atomic E-state index is 0.791. The van der Waals surface area contributed by atoms with Crippen molar-refractivity contribution in [3.63, 3.8) is 0 Å². The van der Waals surface area contributed by atoms with Crippen LogP contribution in [0.15, 0.2) is 233 Å². The summed E-state index contributed by atoms with van der Waals surface area (Å²) in [5.41, 5.74) is 16.6. The van der Waals surface area contributed by atoms with Crippen molar-refractivity contribution in [3.8, 4) is 22.3 Å². The average Bonchev–Trinajstić information content (AvgIpc) is 3.93. The number of benzene rings is 11. The van der Waals surface area contributed by atoms with Gasteiger partial charge < -0.3 is 18.6 Å². The molecule has 336 valence electrons. The molecule has 0 radical (unpaired) electrons. The standard InChI is InChI=1S/C67H46N2O2/c1-42-18-15-27-50-52-26-11-14-32-60(66(52)70-64(42)50)68(56-30-12-9-24-48(56)44-20-5-3-6-21-44)58-40-36-46-35-39-55-59(41-37-47-34-38-54(58)62(46)63(47)55)69(57-31-13-10-25-49(57)45-22-7-4-8-23-45)61-33-17-29-53-51-28-16-19-43(2)65(51)71-67(53)61/h3-10,12-41H,11H2,1-2H3. The first-order valence-electron chi connectivity index (χ1n) is 24.5. The van der Waals surface area contributed by atoms with Crippen LogP contribution in [-0.2, 0) is 0 Å². The molecular weight excluding hydrogens is 865 g/mol. The summed E-state index contributed by atoms with van der Waals surface area (Å²) in [4.78, 5) is 4.89. The van der Waals surface area contributed by atoms with Crippen LogP contribution in [0, 0.1) is 13.8 Å². The predicted octanol–water partition coefficient (Wildman–Crippen LogP) is 17.3. The molecule has 0 N–H and O–H groups in total. The monoisotopic (exact) mass is 910 g/mol. The Morgan fingerprint density at radius 1 is 0.366 bits per heavy atom. The third kappa shape index (κ3) is 6.38. The van der Waals surface area contributed by atoms with E-state index < -0.39 is 0 Å². The van der Waals surface area contributed by atoms with E-state index in [9.17, 15) is 0 Å². The zero-order valence-corrected chi connectivity index (χ0v) is 39.4. The molecule has 71 heavy (non-hydrogen) atoms. The Balaban J connectivity index is 1.07. The number of allylic oxidation sites excluding steroid dienone is 1. The smallest absolute Gasteiger partial charge is 0.159 e. The van der Waals surface area contributed by atoms with Crippen molar-refractivity contribution in [2.75, 3.05) is 9.80 Å². The summed E-state index contributed by atoms with van der Waals surface area (Å²) < 4.78 is 14.0. The molecule has 0 spiro atoms. The molecular formula is C67H46N2O2. The van der Waals surface area contributed by atoms with Crippen molar-refractivity contribution in [1.82, 2.24) is 0 Å². The lowest BCUT2D eigenvalue weighted by atomic mass is 9.91. The van der Waals surface area contributed by atoms with Gasteiger partial charge in [0.15, 0.2) is 11.0 Å². The lowest BCUT2D eigenvalue weighted by Crippen LogP contribution is -2.29. The van der Waals surface area contributed by atoms with E-state index in [2.05, 4.69) is 254 Å². The summed E-state index contributed by atoms with van der Waals surface area (Å²) in [6.07, 6.45) is 7.63. The van der Waals surface area contributed by atoms with E-state index in [1.807, 2.05) is 0 Å². The fourth-order valence-electron chi connectivity index (χ4n) is 11.4. The number of anilines is 5. The van der Waals surface area contributed by atoms with Gasteiger partial charge in [0.2, 0.25) is 0 Å². The summed E-state index contributed by atoms with van der Waals surface area (Å²) in [5, 5.41) is 11.5. The molecule has 11 aromatic carbocycles. The van der Waals surface area contributed by atoms with Gasteiger partial charge in [-0.15, -0.1) is 0 Å². The molecule has 4 heteroatoms. The average molecular weight is 911 g/mol. The number of aryl methyl sites for hydroxylation is 2. The van der Waals surface area contributed by atoms with Crippen molar-refractivity contribution in [2.45, 2.75) is 20.3 Å². The molecule has 0 atom stereocenters. The summed E-state index contributed by atoms with van der Waals surface area (Å²) in [7, 11) is 0. The number of hydrogen-bond donors (Lipinski definition) is 0. The van der Waals surface area contributed by atoms with Crippen LogP contribution in [0.4, 0.5) is 28.4 Å². The highest BCUT2D eigenvalue weighted by atomic mass is 16.3. The molecule has 0 fully saturated rings. The van der Waals surface area contributed by atoms with Crippen LogP contribution in [0.25, 0.3) is 99.3 Å². The van der Waals surface area contributed by atoms with Crippen molar-refractivity contribution < 1.29 is 8.83 Å². The van der Waals surface area contributed by atoms with Crippen LogP contribution in [0.3, 0.4) is 0 Å². The van der Waals surface area contributed by atoms with Gasteiger partial charge >= 0.3 is 0 Å². The van der Waals surface area contributed by atoms with Crippen molar-refractivity contribution in [3.05, 3.63) is 246 Å². The quantitative estimate of drug-likeness (QED) is 0.142. The number of fused-ring (bicyclic) bond motifs is 6. The maximum atomic E-state index is 7.06. The molecule has 0 aliphatic heterocycles. The van der Waals surface area contributed by atoms with Crippen LogP contribution in [0.5, 0.6) is 0 Å². The first-order valence-corrected chi connectivity index (χ1v) is 24.5. The lowest BCUT2D eigenvalue weighted by Gasteiger charge is -2.31. The highest BCUT2D eigenvalue weighted by molar-refractivity contribution is 6.29. The van der Waals surface area contributed by atoms with E-state index in [-0.39, 0.29) is 0 Å². The van der Waals surface area contributed by atoms with Crippen LogP contribution < -0.4 is 20.4 Å². The number of hydrogen-bond acceptors (Lipinski definition) is 4. The van der Waals surface area contributed by atoms with Gasteiger partial charge in [-0.3, -0.25) is 0 Å². The Morgan fingerprint density at radius 3 is 1.49 bits per heavy atom. The van der Waals surface area contributed by atoms with Crippen LogP contribution in [0.2, 0.25) is 0 Å². The third-order valence-electron chi connectivity index (χ3n) is 14.7. The Morgan fingerprint density at radius 2 is 0.859 bits per heavy atom. The topological polar surface area (TPSA) is 32.8 Å². The molecule has 2 heterocycles. The van der Waals surface area contributed by atoms with E-state index in [4.69, 9.17) is 8.83 Å². The zero-order chi connectivity index (χ0) is 47.2. The molecule has 0 unspecified atom stereocenters. The molecule has 0 bridgehead atoms. The molecule has 0 amide bonds. The first-order chi connectivity index (χ1) is 35.1. The fraction of sp³-hybridized carbons (Fsp3) is 0.0448. The van der Waals surface area contributed by atoms with E-state index in [0.29, 0.717) is 0 Å². The van der Waals surface area contributed by atoms with Crippen molar-refractivity contribution in [1.29, 1.82) is 0 Å². The van der Waals surface area contributed by atoms with Gasteiger partial charge in [-0.1, -0.05) is 194 Å². The Bertz CT molecular complexity index is 4410.